The second-order valence-corrected chi connectivity index (χ2v) is 4.78. The van der Waals surface area contributed by atoms with E-state index in [0.29, 0.717) is 5.69 Å². The zero-order valence-corrected chi connectivity index (χ0v) is 12.4. The van der Waals surface area contributed by atoms with E-state index < -0.39 is 17.7 Å². The highest BCUT2D eigenvalue weighted by Crippen LogP contribution is 2.30. The number of rotatable bonds is 5. The van der Waals surface area contributed by atoms with E-state index in [1.807, 2.05) is 0 Å². The van der Waals surface area contributed by atoms with Gasteiger partial charge in [0.05, 0.1) is 12.3 Å². The molecule has 2 aromatic rings. The summed E-state index contributed by atoms with van der Waals surface area (Å²) in [4.78, 5) is 13.2. The lowest BCUT2D eigenvalue weighted by Crippen LogP contribution is -2.33. The minimum atomic E-state index is -0.760. The minimum Gasteiger partial charge on any atom is -0.455 e. The smallest absolute Gasteiger partial charge is 0.321 e. The summed E-state index contributed by atoms with van der Waals surface area (Å²) in [5.74, 6) is -1.30. The molecule has 5 nitrogen and oxygen atoms in total. The Morgan fingerprint density at radius 1 is 1.22 bits per heavy atom. The molecule has 0 atom stereocenters. The van der Waals surface area contributed by atoms with Gasteiger partial charge in [-0.25, -0.2) is 13.6 Å². The summed E-state index contributed by atoms with van der Waals surface area (Å²) in [5.41, 5.74) is 0.340. The van der Waals surface area contributed by atoms with Crippen molar-refractivity contribution in [2.45, 2.75) is 0 Å². The van der Waals surface area contributed by atoms with Crippen LogP contribution >= 0.6 is 0 Å². The zero-order valence-electron chi connectivity index (χ0n) is 12.4. The number of carbonyl (C=O) groups is 1. The highest BCUT2D eigenvalue weighted by molar-refractivity contribution is 5.90. The Hall–Kier alpha value is -2.67. The first-order valence-electron chi connectivity index (χ1n) is 6.85. The lowest BCUT2D eigenvalue weighted by atomic mass is 10.3. The van der Waals surface area contributed by atoms with Gasteiger partial charge in [0.2, 0.25) is 0 Å². The van der Waals surface area contributed by atoms with Crippen LogP contribution in [0.1, 0.15) is 0 Å². The van der Waals surface area contributed by atoms with Crippen LogP contribution in [0.25, 0.3) is 0 Å². The van der Waals surface area contributed by atoms with Gasteiger partial charge in [0, 0.05) is 31.8 Å². The topological polar surface area (TPSA) is 61.8 Å². The van der Waals surface area contributed by atoms with Crippen molar-refractivity contribution in [1.82, 2.24) is 4.90 Å². The van der Waals surface area contributed by atoms with Crippen LogP contribution in [-0.2, 0) is 0 Å². The summed E-state index contributed by atoms with van der Waals surface area (Å²) >= 11 is 0. The van der Waals surface area contributed by atoms with Crippen molar-refractivity contribution in [3.05, 3.63) is 54.1 Å². The molecule has 23 heavy (non-hydrogen) atoms. The second-order valence-electron chi connectivity index (χ2n) is 4.78. The molecule has 7 heteroatoms. The highest BCUT2D eigenvalue weighted by atomic mass is 19.1. The number of benzene rings is 2. The predicted octanol–water partition coefficient (Wildman–Crippen LogP) is 3.21. The number of aliphatic hydroxyl groups excluding tert-OH is 1. The molecule has 2 N–H and O–H groups in total. The zero-order chi connectivity index (χ0) is 16.8. The SMILES string of the molecule is CN(CCO)C(=O)Nc1ccccc1Oc1cc(F)cc(F)c1. The monoisotopic (exact) mass is 322 g/mol. The average molecular weight is 322 g/mol. The predicted molar refractivity (Wildman–Crippen MR) is 81.6 cm³/mol. The van der Waals surface area contributed by atoms with Crippen molar-refractivity contribution in [3.8, 4) is 11.5 Å². The Labute approximate surface area is 132 Å². The van der Waals surface area contributed by atoms with E-state index in [-0.39, 0.29) is 24.7 Å². The van der Waals surface area contributed by atoms with Crippen molar-refractivity contribution in [2.75, 3.05) is 25.5 Å². The Kier molecular flexibility index (Phi) is 5.48. The van der Waals surface area contributed by atoms with Crippen LogP contribution in [0.2, 0.25) is 0 Å². The number of ether oxygens (including phenoxy) is 1. The van der Waals surface area contributed by atoms with Crippen LogP contribution in [0.15, 0.2) is 42.5 Å². The van der Waals surface area contributed by atoms with Crippen molar-refractivity contribution in [1.29, 1.82) is 0 Å². The summed E-state index contributed by atoms with van der Waals surface area (Å²) in [7, 11) is 1.52. The number of likely N-dealkylation sites (N-methyl/N-ethyl adjacent to an activating group) is 1. The average Bonchev–Trinajstić information content (AvgIpc) is 2.48. The summed E-state index contributed by atoms with van der Waals surface area (Å²) in [6.45, 7) is 0.00853. The van der Waals surface area contributed by atoms with Crippen LogP contribution in [0.5, 0.6) is 11.5 Å². The quantitative estimate of drug-likeness (QED) is 0.888. The number of nitrogens with one attached hydrogen (secondary N) is 1. The molecular weight excluding hydrogens is 306 g/mol. The molecule has 0 aliphatic heterocycles. The van der Waals surface area contributed by atoms with E-state index >= 15 is 0 Å². The molecule has 2 amide bonds. The lowest BCUT2D eigenvalue weighted by molar-refractivity contribution is 0.202. The van der Waals surface area contributed by atoms with Crippen molar-refractivity contribution in [3.63, 3.8) is 0 Å². The number of amides is 2. The normalized spacial score (nSPS) is 10.3. The standard InChI is InChI=1S/C16H16F2N2O3/c1-20(6-7-21)16(22)19-14-4-2-3-5-15(14)23-13-9-11(17)8-12(18)10-13/h2-5,8-10,21H,6-7H2,1H3,(H,19,22). The minimum absolute atomic E-state index is 0.0205. The van der Waals surface area contributed by atoms with Crippen LogP contribution in [0, 0.1) is 11.6 Å². The molecule has 0 spiro atoms. The molecule has 0 aliphatic rings. The number of aliphatic hydroxyl groups is 1. The number of para-hydroxylation sites is 2. The molecule has 0 heterocycles. The van der Waals surface area contributed by atoms with Gasteiger partial charge in [-0.05, 0) is 12.1 Å². The molecule has 122 valence electrons. The van der Waals surface area contributed by atoms with E-state index in [1.165, 1.54) is 11.9 Å². The fraction of sp³-hybridized carbons (Fsp3) is 0.188. The van der Waals surface area contributed by atoms with Crippen molar-refractivity contribution >= 4 is 11.7 Å². The van der Waals surface area contributed by atoms with Gasteiger partial charge in [-0.1, -0.05) is 12.1 Å². The molecule has 0 radical (unpaired) electrons. The molecule has 0 saturated carbocycles. The van der Waals surface area contributed by atoms with E-state index in [9.17, 15) is 13.6 Å². The van der Waals surface area contributed by atoms with Gasteiger partial charge in [-0.3, -0.25) is 0 Å². The first-order chi connectivity index (χ1) is 11.0. The fourth-order valence-electron chi connectivity index (χ4n) is 1.84. The maximum atomic E-state index is 13.2. The largest absolute Gasteiger partial charge is 0.455 e. The Morgan fingerprint density at radius 3 is 2.52 bits per heavy atom. The highest BCUT2D eigenvalue weighted by Gasteiger charge is 2.12. The Bertz CT molecular complexity index is 675. The van der Waals surface area contributed by atoms with Crippen molar-refractivity contribution in [2.24, 2.45) is 0 Å². The van der Waals surface area contributed by atoms with Crippen LogP contribution in [0.4, 0.5) is 19.3 Å². The number of carbonyl (C=O) groups excluding carboxylic acids is 1. The van der Waals surface area contributed by atoms with Gasteiger partial charge in [-0.2, -0.15) is 0 Å². The molecule has 0 unspecified atom stereocenters. The number of hydrogen-bond donors (Lipinski definition) is 2. The molecule has 0 saturated heterocycles. The molecule has 0 fully saturated rings. The molecule has 2 rings (SSSR count). The number of halogens is 2. The van der Waals surface area contributed by atoms with Gasteiger partial charge in [0.25, 0.3) is 0 Å². The summed E-state index contributed by atoms with van der Waals surface area (Å²) in [5, 5.41) is 11.4. The van der Waals surface area contributed by atoms with Crippen LogP contribution < -0.4 is 10.1 Å². The number of nitrogens with zero attached hydrogens (tertiary/aromatic N) is 1. The van der Waals surface area contributed by atoms with Crippen molar-refractivity contribution < 1.29 is 23.4 Å². The first-order valence-corrected chi connectivity index (χ1v) is 6.85. The molecule has 2 aromatic carbocycles. The summed E-state index contributed by atoms with van der Waals surface area (Å²) < 4.78 is 31.9. The lowest BCUT2D eigenvalue weighted by Gasteiger charge is -2.18. The van der Waals surface area contributed by atoms with Gasteiger partial charge in [0.15, 0.2) is 5.75 Å². The second kappa shape index (κ2) is 7.55. The van der Waals surface area contributed by atoms with Crippen LogP contribution in [-0.4, -0.2) is 36.2 Å². The molecule has 0 aliphatic carbocycles. The van der Waals surface area contributed by atoms with Gasteiger partial charge in [-0.15, -0.1) is 0 Å². The van der Waals surface area contributed by atoms with Gasteiger partial charge >= 0.3 is 6.03 Å². The fourth-order valence-corrected chi connectivity index (χ4v) is 1.84. The number of anilines is 1. The van der Waals surface area contributed by atoms with E-state index in [0.717, 1.165) is 18.2 Å². The third kappa shape index (κ3) is 4.65. The summed E-state index contributed by atoms with van der Waals surface area (Å²) in [6, 6.07) is 8.88. The first kappa shape index (κ1) is 16.7. The van der Waals surface area contributed by atoms with E-state index in [2.05, 4.69) is 5.32 Å². The maximum Gasteiger partial charge on any atom is 0.321 e. The number of urea groups is 1. The Morgan fingerprint density at radius 2 is 1.87 bits per heavy atom. The maximum absolute atomic E-state index is 13.2. The third-order valence-corrected chi connectivity index (χ3v) is 2.97. The van der Waals surface area contributed by atoms with Crippen LogP contribution in [0.3, 0.4) is 0 Å². The molecular formula is C16H16F2N2O3. The molecule has 0 aromatic heterocycles. The van der Waals surface area contributed by atoms with Gasteiger partial charge < -0.3 is 20.1 Å². The third-order valence-electron chi connectivity index (χ3n) is 2.97. The van der Waals surface area contributed by atoms with E-state index in [4.69, 9.17) is 9.84 Å². The molecule has 0 bridgehead atoms. The van der Waals surface area contributed by atoms with Gasteiger partial charge in [0.1, 0.15) is 17.4 Å². The van der Waals surface area contributed by atoms with E-state index in [1.54, 1.807) is 24.3 Å². The Balaban J connectivity index is 2.18. The summed E-state index contributed by atoms with van der Waals surface area (Å²) in [6.07, 6.45) is 0. The number of hydrogen-bond acceptors (Lipinski definition) is 3.